The molecule has 0 spiro atoms. The average molecular weight is 450 g/mol. The normalized spacial score (nSPS) is 14.2. The van der Waals surface area contributed by atoms with Crippen LogP contribution in [0, 0.1) is 16.0 Å². The van der Waals surface area contributed by atoms with E-state index in [0.717, 1.165) is 0 Å². The number of piperidine rings is 1. The molecule has 0 atom stereocenters. The molecule has 1 aromatic heterocycles. The minimum atomic E-state index is -0.496. The fraction of sp³-hybridized carbons (Fsp3) is 0.450. The molecule has 3 rings (SSSR count). The number of anilines is 2. The van der Waals surface area contributed by atoms with Crippen LogP contribution in [0.5, 0.6) is 5.75 Å². The van der Waals surface area contributed by atoms with Crippen LogP contribution >= 0.6 is 11.6 Å². The Morgan fingerprint density at radius 1 is 1.32 bits per heavy atom. The third-order valence-corrected chi connectivity index (χ3v) is 5.20. The maximum Gasteiger partial charge on any atom is 0.353 e. The lowest BCUT2D eigenvalue weighted by Crippen LogP contribution is -2.37. The lowest BCUT2D eigenvalue weighted by atomic mass is 9.97. The number of halogens is 1. The van der Waals surface area contributed by atoms with Gasteiger partial charge in [-0.2, -0.15) is 0 Å². The summed E-state index contributed by atoms with van der Waals surface area (Å²) >= 11 is 6.05. The quantitative estimate of drug-likeness (QED) is 0.266. The van der Waals surface area contributed by atoms with Gasteiger partial charge in [-0.3, -0.25) is 14.9 Å². The van der Waals surface area contributed by atoms with E-state index in [2.05, 4.69) is 15.3 Å². The van der Waals surface area contributed by atoms with Gasteiger partial charge in [0.2, 0.25) is 11.6 Å². The molecule has 2 aromatic rings. The molecule has 1 N–H and O–H groups in total. The molecule has 166 valence electrons. The lowest BCUT2D eigenvalue weighted by molar-refractivity contribution is -0.383. The van der Waals surface area contributed by atoms with Crippen molar-refractivity contribution in [2.45, 2.75) is 19.8 Å². The maximum absolute atomic E-state index is 11.9. The molecular weight excluding hydrogens is 426 g/mol. The SMILES string of the molecule is CCOC(=O)C1CCN(c2ncnc(NCCOc3ccccc3Cl)c2[N+](=O)[O-])CC1. The van der Waals surface area contributed by atoms with Crippen LogP contribution in [0.4, 0.5) is 17.3 Å². The second-order valence-corrected chi connectivity index (χ2v) is 7.28. The lowest BCUT2D eigenvalue weighted by Gasteiger charge is -2.31. The van der Waals surface area contributed by atoms with E-state index in [4.69, 9.17) is 21.1 Å². The third kappa shape index (κ3) is 5.72. The van der Waals surface area contributed by atoms with Crippen molar-refractivity contribution >= 4 is 34.9 Å². The van der Waals surface area contributed by atoms with E-state index >= 15 is 0 Å². The van der Waals surface area contributed by atoms with Gasteiger partial charge in [-0.25, -0.2) is 9.97 Å². The first kappa shape index (κ1) is 22.5. The molecule has 11 heteroatoms. The Kier molecular flexibility index (Phi) is 7.82. The van der Waals surface area contributed by atoms with E-state index in [1.165, 1.54) is 6.33 Å². The second kappa shape index (κ2) is 10.8. The van der Waals surface area contributed by atoms with Gasteiger partial charge in [0.1, 0.15) is 18.7 Å². The van der Waals surface area contributed by atoms with Crippen molar-refractivity contribution in [3.63, 3.8) is 0 Å². The zero-order valence-corrected chi connectivity index (χ0v) is 17.9. The van der Waals surface area contributed by atoms with Crippen LogP contribution < -0.4 is 15.0 Å². The van der Waals surface area contributed by atoms with E-state index in [0.29, 0.717) is 43.3 Å². The van der Waals surface area contributed by atoms with Crippen molar-refractivity contribution in [2.24, 2.45) is 5.92 Å². The van der Waals surface area contributed by atoms with E-state index in [1.54, 1.807) is 36.1 Å². The smallest absolute Gasteiger partial charge is 0.353 e. The summed E-state index contributed by atoms with van der Waals surface area (Å²) in [6, 6.07) is 7.07. The molecule has 1 aromatic carbocycles. The van der Waals surface area contributed by atoms with Crippen LogP contribution in [0.3, 0.4) is 0 Å². The van der Waals surface area contributed by atoms with Crippen molar-refractivity contribution in [3.8, 4) is 5.75 Å². The number of nitrogens with one attached hydrogen (secondary N) is 1. The summed E-state index contributed by atoms with van der Waals surface area (Å²) in [5, 5.41) is 15.2. The molecule has 0 radical (unpaired) electrons. The fourth-order valence-electron chi connectivity index (χ4n) is 3.38. The summed E-state index contributed by atoms with van der Waals surface area (Å²) in [6.07, 6.45) is 2.39. The summed E-state index contributed by atoms with van der Waals surface area (Å²) in [4.78, 5) is 33.2. The van der Waals surface area contributed by atoms with Crippen LogP contribution in [0.1, 0.15) is 19.8 Å². The van der Waals surface area contributed by atoms with Crippen LogP contribution in [-0.2, 0) is 9.53 Å². The Hall–Kier alpha value is -3.14. The first-order valence-corrected chi connectivity index (χ1v) is 10.4. The first-order valence-electron chi connectivity index (χ1n) is 10.0. The zero-order valence-electron chi connectivity index (χ0n) is 17.1. The van der Waals surface area contributed by atoms with Gasteiger partial charge >= 0.3 is 11.7 Å². The van der Waals surface area contributed by atoms with Crippen molar-refractivity contribution in [3.05, 3.63) is 45.7 Å². The predicted octanol–water partition coefficient (Wildman–Crippen LogP) is 3.31. The Bertz CT molecular complexity index is 921. The van der Waals surface area contributed by atoms with Gasteiger partial charge in [-0.15, -0.1) is 0 Å². The summed E-state index contributed by atoms with van der Waals surface area (Å²) in [5.74, 6) is 0.465. The van der Waals surface area contributed by atoms with E-state index < -0.39 is 4.92 Å². The van der Waals surface area contributed by atoms with Gasteiger partial charge in [0, 0.05) is 13.1 Å². The van der Waals surface area contributed by atoms with Gasteiger partial charge in [-0.05, 0) is 31.9 Å². The molecule has 1 aliphatic rings. The maximum atomic E-state index is 11.9. The highest BCUT2D eigenvalue weighted by Gasteiger charge is 2.32. The molecule has 0 amide bonds. The van der Waals surface area contributed by atoms with E-state index in [9.17, 15) is 14.9 Å². The molecule has 0 bridgehead atoms. The number of nitro groups is 1. The van der Waals surface area contributed by atoms with Crippen molar-refractivity contribution in [2.75, 3.05) is 43.1 Å². The molecule has 1 fully saturated rings. The number of para-hydroxylation sites is 1. The number of aromatic nitrogens is 2. The molecule has 2 heterocycles. The Balaban J connectivity index is 1.64. The topological polar surface area (TPSA) is 120 Å². The number of benzene rings is 1. The number of esters is 1. The van der Waals surface area contributed by atoms with Crippen LogP contribution in [-0.4, -0.2) is 53.7 Å². The van der Waals surface area contributed by atoms with Gasteiger partial charge in [0.05, 0.1) is 29.0 Å². The molecule has 0 unspecified atom stereocenters. The average Bonchev–Trinajstić information content (AvgIpc) is 2.77. The number of rotatable bonds is 9. The van der Waals surface area contributed by atoms with Crippen LogP contribution in [0.25, 0.3) is 0 Å². The van der Waals surface area contributed by atoms with Gasteiger partial charge in [-0.1, -0.05) is 23.7 Å². The number of nitrogens with zero attached hydrogens (tertiary/aromatic N) is 4. The van der Waals surface area contributed by atoms with Crippen molar-refractivity contribution in [1.82, 2.24) is 9.97 Å². The summed E-state index contributed by atoms with van der Waals surface area (Å²) in [6.45, 7) is 3.57. The predicted molar refractivity (Wildman–Crippen MR) is 116 cm³/mol. The number of carbonyl (C=O) groups excluding carboxylic acids is 1. The fourth-order valence-corrected chi connectivity index (χ4v) is 3.57. The zero-order chi connectivity index (χ0) is 22.2. The Morgan fingerprint density at radius 2 is 2.06 bits per heavy atom. The second-order valence-electron chi connectivity index (χ2n) is 6.87. The summed E-state index contributed by atoms with van der Waals surface area (Å²) in [5.41, 5.74) is -0.199. The molecule has 1 saturated heterocycles. The summed E-state index contributed by atoms with van der Waals surface area (Å²) in [7, 11) is 0. The number of ether oxygens (including phenoxy) is 2. The highest BCUT2D eigenvalue weighted by atomic mass is 35.5. The van der Waals surface area contributed by atoms with Gasteiger partial charge < -0.3 is 19.7 Å². The number of hydrogen-bond acceptors (Lipinski definition) is 9. The first-order chi connectivity index (χ1) is 15.0. The standard InChI is InChI=1S/C20H24ClN5O5/c1-2-30-20(27)14-7-10-25(11-8-14)19-17(26(28)29)18(23-13-24-19)22-9-12-31-16-6-4-3-5-15(16)21/h3-6,13-14H,2,7-12H2,1H3,(H,22,23,24). The summed E-state index contributed by atoms with van der Waals surface area (Å²) < 4.78 is 10.7. The van der Waals surface area contributed by atoms with Crippen molar-refractivity contribution < 1.29 is 19.2 Å². The molecule has 10 nitrogen and oxygen atoms in total. The Morgan fingerprint density at radius 3 is 2.74 bits per heavy atom. The van der Waals surface area contributed by atoms with Crippen molar-refractivity contribution in [1.29, 1.82) is 0 Å². The molecular formula is C20H24ClN5O5. The minimum absolute atomic E-state index is 0.116. The molecule has 0 saturated carbocycles. The van der Waals surface area contributed by atoms with Gasteiger partial charge in [0.25, 0.3) is 0 Å². The van der Waals surface area contributed by atoms with Crippen LogP contribution in [0.2, 0.25) is 5.02 Å². The molecule has 1 aliphatic heterocycles. The Labute approximate surface area is 184 Å². The van der Waals surface area contributed by atoms with E-state index in [1.807, 2.05) is 0 Å². The van der Waals surface area contributed by atoms with E-state index in [-0.39, 0.29) is 42.4 Å². The third-order valence-electron chi connectivity index (χ3n) is 4.89. The molecule has 0 aliphatic carbocycles. The highest BCUT2D eigenvalue weighted by molar-refractivity contribution is 6.32. The number of hydrogen-bond donors (Lipinski definition) is 1. The monoisotopic (exact) mass is 449 g/mol. The van der Waals surface area contributed by atoms with Crippen LogP contribution in [0.15, 0.2) is 30.6 Å². The largest absolute Gasteiger partial charge is 0.490 e. The minimum Gasteiger partial charge on any atom is -0.490 e. The highest BCUT2D eigenvalue weighted by Crippen LogP contribution is 2.34. The van der Waals surface area contributed by atoms with Gasteiger partial charge in [0.15, 0.2) is 0 Å². The molecule has 31 heavy (non-hydrogen) atoms. The number of carbonyl (C=O) groups is 1.